The number of nitrogens with zero attached hydrogens (tertiary/aromatic N) is 3. The number of rotatable bonds is 5. The number of aryl methyl sites for hydroxylation is 2. The first-order chi connectivity index (χ1) is 9.08. The number of hydrogen-bond donors (Lipinski definition) is 1. The number of aromatic nitrogens is 3. The Morgan fingerprint density at radius 3 is 2.74 bits per heavy atom. The molecule has 0 saturated heterocycles. The van der Waals surface area contributed by atoms with Crippen LogP contribution in [-0.4, -0.2) is 26.4 Å². The molecule has 0 amide bonds. The van der Waals surface area contributed by atoms with E-state index in [-0.39, 0.29) is 0 Å². The second kappa shape index (κ2) is 5.79. The molecule has 0 fully saturated rings. The highest BCUT2D eigenvalue weighted by Gasteiger charge is 2.06. The summed E-state index contributed by atoms with van der Waals surface area (Å²) in [6.45, 7) is 4.91. The van der Waals surface area contributed by atoms with Crippen LogP contribution >= 0.6 is 12.2 Å². The maximum Gasteiger partial charge on any atom is 0.147 e. The van der Waals surface area contributed by atoms with E-state index in [9.17, 15) is 0 Å². The molecule has 0 unspecified atom stereocenters. The van der Waals surface area contributed by atoms with Crippen molar-refractivity contribution in [2.24, 2.45) is 5.73 Å². The number of nitrogens with two attached hydrogens (primary N) is 1. The van der Waals surface area contributed by atoms with Gasteiger partial charge in [-0.15, -0.1) is 0 Å². The van der Waals surface area contributed by atoms with Gasteiger partial charge in [-0.25, -0.2) is 9.67 Å². The van der Waals surface area contributed by atoms with Gasteiger partial charge in [0.15, 0.2) is 0 Å². The van der Waals surface area contributed by atoms with Gasteiger partial charge in [0.05, 0.1) is 12.1 Å². The number of thiocarbonyl (C=S) groups is 1. The van der Waals surface area contributed by atoms with Crippen LogP contribution in [0.5, 0.6) is 5.75 Å². The summed E-state index contributed by atoms with van der Waals surface area (Å²) in [6, 6.07) is 7.48. The van der Waals surface area contributed by atoms with Gasteiger partial charge in [-0.3, -0.25) is 0 Å². The largest absolute Gasteiger partial charge is 0.491 e. The van der Waals surface area contributed by atoms with Crippen molar-refractivity contribution in [1.29, 1.82) is 0 Å². The average molecular weight is 276 g/mol. The van der Waals surface area contributed by atoms with Crippen molar-refractivity contribution in [2.75, 3.05) is 6.61 Å². The standard InChI is InChI=1S/C13H16N4OS/c1-9-15-10(2)17(16-9)7-8-18-12-6-4-3-5-11(12)13(14)19/h3-6H,7-8H2,1-2H3,(H2,14,19). The highest BCUT2D eigenvalue weighted by atomic mass is 32.1. The van der Waals surface area contributed by atoms with Gasteiger partial charge in [0.25, 0.3) is 0 Å². The molecule has 1 heterocycles. The molecule has 2 N–H and O–H groups in total. The lowest BCUT2D eigenvalue weighted by atomic mass is 10.2. The van der Waals surface area contributed by atoms with Crippen molar-refractivity contribution in [3.63, 3.8) is 0 Å². The lowest BCUT2D eigenvalue weighted by Crippen LogP contribution is -2.15. The smallest absolute Gasteiger partial charge is 0.147 e. The second-order valence-electron chi connectivity index (χ2n) is 4.14. The van der Waals surface area contributed by atoms with E-state index in [1.165, 1.54) is 0 Å². The van der Waals surface area contributed by atoms with Gasteiger partial charge in [0, 0.05) is 0 Å². The molecule has 0 spiro atoms. The molecule has 0 saturated carbocycles. The summed E-state index contributed by atoms with van der Waals surface area (Å²) in [5.74, 6) is 2.34. The van der Waals surface area contributed by atoms with E-state index in [1.54, 1.807) is 0 Å². The third-order valence-corrected chi connectivity index (χ3v) is 2.90. The topological polar surface area (TPSA) is 66.0 Å². The fourth-order valence-corrected chi connectivity index (χ4v) is 1.98. The summed E-state index contributed by atoms with van der Waals surface area (Å²) < 4.78 is 7.53. The van der Waals surface area contributed by atoms with E-state index in [2.05, 4.69) is 10.1 Å². The Morgan fingerprint density at radius 2 is 2.11 bits per heavy atom. The van der Waals surface area contributed by atoms with Gasteiger partial charge in [0.2, 0.25) is 0 Å². The number of para-hydroxylation sites is 1. The van der Waals surface area contributed by atoms with Gasteiger partial charge >= 0.3 is 0 Å². The number of ether oxygens (including phenoxy) is 1. The van der Waals surface area contributed by atoms with Crippen molar-refractivity contribution in [3.05, 3.63) is 41.5 Å². The zero-order valence-electron chi connectivity index (χ0n) is 11.0. The summed E-state index contributed by atoms with van der Waals surface area (Å²) >= 11 is 4.99. The number of hydrogen-bond acceptors (Lipinski definition) is 4. The molecule has 0 aliphatic rings. The fraction of sp³-hybridized carbons (Fsp3) is 0.308. The Labute approximate surface area is 117 Å². The van der Waals surface area contributed by atoms with E-state index in [0.29, 0.717) is 23.9 Å². The Morgan fingerprint density at radius 1 is 1.37 bits per heavy atom. The van der Waals surface area contributed by atoms with Gasteiger partial charge in [-0.05, 0) is 26.0 Å². The zero-order valence-corrected chi connectivity index (χ0v) is 11.8. The van der Waals surface area contributed by atoms with E-state index >= 15 is 0 Å². The maximum absolute atomic E-state index is 5.71. The molecule has 0 bridgehead atoms. The van der Waals surface area contributed by atoms with Gasteiger partial charge in [0.1, 0.15) is 29.0 Å². The lowest BCUT2D eigenvalue weighted by Gasteiger charge is -2.10. The van der Waals surface area contributed by atoms with Crippen LogP contribution < -0.4 is 10.5 Å². The molecule has 0 atom stereocenters. The minimum Gasteiger partial charge on any atom is -0.491 e. The summed E-state index contributed by atoms with van der Waals surface area (Å²) in [5.41, 5.74) is 6.40. The van der Waals surface area contributed by atoms with Gasteiger partial charge < -0.3 is 10.5 Å². The normalized spacial score (nSPS) is 10.4. The molecule has 19 heavy (non-hydrogen) atoms. The summed E-state index contributed by atoms with van der Waals surface area (Å²) in [7, 11) is 0. The van der Waals surface area contributed by atoms with Crippen LogP contribution in [0.4, 0.5) is 0 Å². The van der Waals surface area contributed by atoms with Crippen molar-refractivity contribution < 1.29 is 4.74 Å². The van der Waals surface area contributed by atoms with Crippen LogP contribution in [0.1, 0.15) is 17.2 Å². The van der Waals surface area contributed by atoms with E-state index in [4.69, 9.17) is 22.7 Å². The van der Waals surface area contributed by atoms with Crippen LogP contribution in [0, 0.1) is 13.8 Å². The molecule has 5 nitrogen and oxygen atoms in total. The monoisotopic (exact) mass is 276 g/mol. The molecule has 1 aromatic heterocycles. The first-order valence-electron chi connectivity index (χ1n) is 5.97. The third kappa shape index (κ3) is 3.29. The van der Waals surface area contributed by atoms with E-state index < -0.39 is 0 Å². The minimum absolute atomic E-state index is 0.336. The summed E-state index contributed by atoms with van der Waals surface area (Å²) in [6.07, 6.45) is 0. The van der Waals surface area contributed by atoms with Crippen LogP contribution in [0.2, 0.25) is 0 Å². The first kappa shape index (κ1) is 13.5. The van der Waals surface area contributed by atoms with Crippen LogP contribution in [0.3, 0.4) is 0 Å². The van der Waals surface area contributed by atoms with Crippen molar-refractivity contribution >= 4 is 17.2 Å². The molecular weight excluding hydrogens is 260 g/mol. The molecule has 2 rings (SSSR count). The summed E-state index contributed by atoms with van der Waals surface area (Å²) in [4.78, 5) is 4.57. The maximum atomic E-state index is 5.71. The molecule has 1 aromatic carbocycles. The van der Waals surface area contributed by atoms with E-state index in [0.717, 1.165) is 17.2 Å². The van der Waals surface area contributed by atoms with Gasteiger partial charge in [-0.2, -0.15) is 5.10 Å². The van der Waals surface area contributed by atoms with Crippen molar-refractivity contribution in [3.8, 4) is 5.75 Å². The molecule has 0 radical (unpaired) electrons. The van der Waals surface area contributed by atoms with E-state index in [1.807, 2.05) is 42.8 Å². The Kier molecular flexibility index (Phi) is 4.11. The van der Waals surface area contributed by atoms with Crippen molar-refractivity contribution in [1.82, 2.24) is 14.8 Å². The Hall–Kier alpha value is -1.95. The third-order valence-electron chi connectivity index (χ3n) is 2.68. The number of benzene rings is 1. The highest BCUT2D eigenvalue weighted by Crippen LogP contribution is 2.17. The minimum atomic E-state index is 0.336. The summed E-state index contributed by atoms with van der Waals surface area (Å²) in [5, 5.41) is 4.27. The van der Waals surface area contributed by atoms with Crippen LogP contribution in [-0.2, 0) is 6.54 Å². The fourth-order valence-electron chi connectivity index (χ4n) is 1.81. The molecule has 0 aliphatic heterocycles. The molecule has 6 heteroatoms. The highest BCUT2D eigenvalue weighted by molar-refractivity contribution is 7.80. The van der Waals surface area contributed by atoms with Crippen molar-refractivity contribution in [2.45, 2.75) is 20.4 Å². The average Bonchev–Trinajstić information content (AvgIpc) is 2.68. The second-order valence-corrected chi connectivity index (χ2v) is 4.58. The zero-order chi connectivity index (χ0) is 13.8. The van der Waals surface area contributed by atoms with Gasteiger partial charge in [-0.1, -0.05) is 24.4 Å². The molecule has 0 aliphatic carbocycles. The SMILES string of the molecule is Cc1nc(C)n(CCOc2ccccc2C(N)=S)n1. The molecule has 2 aromatic rings. The van der Waals surface area contributed by atoms with Crippen LogP contribution in [0.15, 0.2) is 24.3 Å². The molecule has 100 valence electrons. The first-order valence-corrected chi connectivity index (χ1v) is 6.38. The molecular formula is C13H16N4OS. The Bertz CT molecular complexity index is 594. The lowest BCUT2D eigenvalue weighted by molar-refractivity contribution is 0.289. The quantitative estimate of drug-likeness (QED) is 0.840. The Balaban J connectivity index is 2.00. The predicted molar refractivity (Wildman–Crippen MR) is 77.3 cm³/mol. The van der Waals surface area contributed by atoms with Crippen LogP contribution in [0.25, 0.3) is 0 Å². The predicted octanol–water partition coefficient (Wildman–Crippen LogP) is 1.61.